The van der Waals surface area contributed by atoms with E-state index in [0.717, 1.165) is 67.3 Å². The van der Waals surface area contributed by atoms with Crippen molar-refractivity contribution in [2.24, 2.45) is 0 Å². The van der Waals surface area contributed by atoms with Crippen molar-refractivity contribution >= 4 is 22.5 Å². The quantitative estimate of drug-likeness (QED) is 0.653. The van der Waals surface area contributed by atoms with E-state index < -0.39 is 0 Å². The molecule has 6 heteroatoms. The molecule has 0 spiro atoms. The van der Waals surface area contributed by atoms with E-state index in [2.05, 4.69) is 55.8 Å². The number of anilines is 2. The molecule has 0 saturated carbocycles. The van der Waals surface area contributed by atoms with Crippen molar-refractivity contribution in [2.75, 3.05) is 42.9 Å². The Morgan fingerprint density at radius 3 is 2.66 bits per heavy atom. The molecule has 1 saturated heterocycles. The second-order valence-corrected chi connectivity index (χ2v) is 7.70. The van der Waals surface area contributed by atoms with E-state index in [1.807, 2.05) is 6.07 Å². The maximum Gasteiger partial charge on any atom is 0.155 e. The van der Waals surface area contributed by atoms with Gasteiger partial charge < -0.3 is 15.5 Å². The largest absolute Gasteiger partial charge is 0.372 e. The van der Waals surface area contributed by atoms with Crippen LogP contribution in [0.15, 0.2) is 54.4 Å². The number of hydrogen-bond acceptors (Lipinski definition) is 6. The van der Waals surface area contributed by atoms with E-state index in [-0.39, 0.29) is 0 Å². The first-order chi connectivity index (χ1) is 14.4. The summed E-state index contributed by atoms with van der Waals surface area (Å²) in [5.41, 5.74) is 6.34. The van der Waals surface area contributed by atoms with Gasteiger partial charge in [0.15, 0.2) is 5.82 Å². The molecule has 3 aromatic rings. The molecule has 2 aromatic heterocycles. The van der Waals surface area contributed by atoms with E-state index in [9.17, 15) is 0 Å². The number of benzene rings is 1. The van der Waals surface area contributed by atoms with Gasteiger partial charge in [0.1, 0.15) is 5.52 Å². The fraction of sp³-hybridized carbons (Fsp3) is 0.348. The van der Waals surface area contributed by atoms with Gasteiger partial charge in [0.25, 0.3) is 0 Å². The highest BCUT2D eigenvalue weighted by atomic mass is 15.1. The van der Waals surface area contributed by atoms with Gasteiger partial charge >= 0.3 is 0 Å². The van der Waals surface area contributed by atoms with Crippen molar-refractivity contribution in [3.05, 3.63) is 54.4 Å². The van der Waals surface area contributed by atoms with Crippen LogP contribution in [0.3, 0.4) is 0 Å². The highest BCUT2D eigenvalue weighted by Crippen LogP contribution is 2.28. The summed E-state index contributed by atoms with van der Waals surface area (Å²) in [7, 11) is 0. The van der Waals surface area contributed by atoms with Gasteiger partial charge in [-0.1, -0.05) is 18.2 Å². The number of nitrogens with one attached hydrogen (secondary N) is 2. The first kappa shape index (κ1) is 18.1. The fourth-order valence-corrected chi connectivity index (χ4v) is 4.09. The minimum absolute atomic E-state index is 0.767. The van der Waals surface area contributed by atoms with E-state index in [4.69, 9.17) is 4.98 Å². The third kappa shape index (κ3) is 3.93. The van der Waals surface area contributed by atoms with Gasteiger partial charge in [-0.15, -0.1) is 0 Å². The first-order valence-corrected chi connectivity index (χ1v) is 10.5. The van der Waals surface area contributed by atoms with Gasteiger partial charge in [0.2, 0.25) is 0 Å². The maximum absolute atomic E-state index is 4.91. The molecule has 0 atom stereocenters. The summed E-state index contributed by atoms with van der Waals surface area (Å²) in [5, 5.41) is 6.91. The molecule has 0 bridgehead atoms. The van der Waals surface area contributed by atoms with E-state index in [1.54, 1.807) is 12.4 Å². The molecule has 2 N–H and O–H groups in total. The Hall–Kier alpha value is -2.99. The molecule has 0 radical (unpaired) electrons. The third-order valence-electron chi connectivity index (χ3n) is 5.68. The topological polar surface area (TPSA) is 66.0 Å². The second kappa shape index (κ2) is 8.17. The summed E-state index contributed by atoms with van der Waals surface area (Å²) in [6, 6.07) is 10.8. The van der Waals surface area contributed by atoms with E-state index >= 15 is 0 Å². The molecule has 0 amide bonds. The van der Waals surface area contributed by atoms with Gasteiger partial charge in [0.05, 0.1) is 11.2 Å². The summed E-state index contributed by atoms with van der Waals surface area (Å²) >= 11 is 0. The molecule has 1 aromatic carbocycles. The van der Waals surface area contributed by atoms with Gasteiger partial charge in [-0.25, -0.2) is 9.97 Å². The maximum atomic E-state index is 4.91. The molecular formula is C23H26N6. The van der Waals surface area contributed by atoms with Crippen LogP contribution in [0, 0.1) is 0 Å². The number of pyridine rings is 1. The molecule has 148 valence electrons. The predicted octanol–water partition coefficient (Wildman–Crippen LogP) is 3.62. The molecule has 1 fully saturated rings. The van der Waals surface area contributed by atoms with Crippen LogP contribution in [-0.2, 0) is 0 Å². The molecule has 5 rings (SSSR count). The zero-order chi connectivity index (χ0) is 19.5. The minimum Gasteiger partial charge on any atom is -0.372 e. The van der Waals surface area contributed by atoms with Crippen LogP contribution in [0.5, 0.6) is 0 Å². The molecule has 29 heavy (non-hydrogen) atoms. The average Bonchev–Trinajstić information content (AvgIpc) is 3.33. The number of rotatable bonds is 5. The number of fused-ring (bicyclic) bond motifs is 1. The Morgan fingerprint density at radius 2 is 1.86 bits per heavy atom. The molecule has 0 aliphatic carbocycles. The van der Waals surface area contributed by atoms with Gasteiger partial charge in [0, 0.05) is 49.8 Å². The summed E-state index contributed by atoms with van der Waals surface area (Å²) in [6.07, 6.45) is 9.41. The van der Waals surface area contributed by atoms with Gasteiger partial charge in [-0.3, -0.25) is 4.98 Å². The molecule has 6 nitrogen and oxygen atoms in total. The van der Waals surface area contributed by atoms with Crippen molar-refractivity contribution in [2.45, 2.75) is 19.3 Å². The lowest BCUT2D eigenvalue weighted by Crippen LogP contribution is -2.25. The third-order valence-corrected chi connectivity index (χ3v) is 5.68. The smallest absolute Gasteiger partial charge is 0.155 e. The highest BCUT2D eigenvalue weighted by molar-refractivity contribution is 5.88. The fourth-order valence-electron chi connectivity index (χ4n) is 4.09. The highest BCUT2D eigenvalue weighted by Gasteiger charge is 2.14. The lowest BCUT2D eigenvalue weighted by atomic mass is 10.1. The van der Waals surface area contributed by atoms with Crippen LogP contribution >= 0.6 is 0 Å². The minimum atomic E-state index is 0.767. The van der Waals surface area contributed by atoms with Crippen LogP contribution in [0.1, 0.15) is 19.3 Å². The van der Waals surface area contributed by atoms with E-state index in [0.29, 0.717) is 0 Å². The zero-order valence-electron chi connectivity index (χ0n) is 16.6. The monoisotopic (exact) mass is 386 g/mol. The van der Waals surface area contributed by atoms with Crippen molar-refractivity contribution < 1.29 is 0 Å². The van der Waals surface area contributed by atoms with E-state index in [1.165, 1.54) is 24.1 Å². The molecule has 0 unspecified atom stereocenters. The second-order valence-electron chi connectivity index (χ2n) is 7.70. The number of nitrogens with zero attached hydrogens (tertiary/aromatic N) is 4. The standard InChI is InChI=1S/C23H26N6/c1-2-13-29(12-1)19-7-5-18(6-8-19)20-14-21-22(26-11-10-25-21)23(28-20)27-16-17-4-3-9-24-15-17/h4-8,10-11,14,24H,1-3,9,12-13,15-16H2,(H,27,28). The SMILES string of the molecule is C1=C(CNc2nc(-c3ccc(N4CCCC4)cc3)cc3nccnc23)CNCC1. The summed E-state index contributed by atoms with van der Waals surface area (Å²) in [6.45, 7) is 5.06. The van der Waals surface area contributed by atoms with Crippen molar-refractivity contribution in [1.29, 1.82) is 0 Å². The van der Waals surface area contributed by atoms with Crippen LogP contribution in [-0.4, -0.2) is 47.7 Å². The number of aromatic nitrogens is 3. The lowest BCUT2D eigenvalue weighted by molar-refractivity contribution is 0.697. The van der Waals surface area contributed by atoms with Crippen LogP contribution in [0.25, 0.3) is 22.3 Å². The Morgan fingerprint density at radius 1 is 1.03 bits per heavy atom. The predicted molar refractivity (Wildman–Crippen MR) is 118 cm³/mol. The summed E-state index contributed by atoms with van der Waals surface area (Å²) in [5.74, 6) is 0.792. The van der Waals surface area contributed by atoms with Crippen LogP contribution in [0.4, 0.5) is 11.5 Å². The molecule has 2 aliphatic heterocycles. The van der Waals surface area contributed by atoms with Crippen LogP contribution < -0.4 is 15.5 Å². The average molecular weight is 387 g/mol. The summed E-state index contributed by atoms with van der Waals surface area (Å²) < 4.78 is 0. The normalized spacial score (nSPS) is 16.8. The van der Waals surface area contributed by atoms with Crippen LogP contribution in [0.2, 0.25) is 0 Å². The molecule has 4 heterocycles. The van der Waals surface area contributed by atoms with Crippen molar-refractivity contribution in [3.63, 3.8) is 0 Å². The summed E-state index contributed by atoms with van der Waals surface area (Å²) in [4.78, 5) is 16.4. The Bertz CT molecular complexity index is 1020. The molecule has 2 aliphatic rings. The Labute approximate surface area is 171 Å². The van der Waals surface area contributed by atoms with Gasteiger partial charge in [-0.2, -0.15) is 0 Å². The Balaban J connectivity index is 1.45. The Kier molecular flexibility index (Phi) is 5.09. The van der Waals surface area contributed by atoms with Crippen molar-refractivity contribution in [1.82, 2.24) is 20.3 Å². The number of hydrogen-bond donors (Lipinski definition) is 2. The van der Waals surface area contributed by atoms with Crippen molar-refractivity contribution in [3.8, 4) is 11.3 Å². The molecular weight excluding hydrogens is 360 g/mol. The van der Waals surface area contributed by atoms with Gasteiger partial charge in [-0.05, 0) is 49.6 Å². The lowest BCUT2D eigenvalue weighted by Gasteiger charge is -2.18. The first-order valence-electron chi connectivity index (χ1n) is 10.5. The zero-order valence-corrected chi connectivity index (χ0v) is 16.6.